The molecule has 8 N–H and O–H groups in total. The maximum atomic E-state index is 13.3. The van der Waals surface area contributed by atoms with E-state index in [-0.39, 0.29) is 229 Å². The number of hydrogen-bond acceptors (Lipinski definition) is 31. The molecule has 0 aliphatic heterocycles. The van der Waals surface area contributed by atoms with Crippen LogP contribution in [0.5, 0.6) is 0 Å². The standard InChI is InChI=1S/C37H42N8O9S.C36H44N8O9.4Na/c46-35(23-44(13-12-43(16-18-53-51)17-19-54-52)14-15-45(24-36(47)48)25-37(49)50)39-22-30-4-3-6-32(41-30)34-21-28(27-7-9-29(10-8-27)40-26-55)20-33(42-34)31-5-1-2-11-38-31;37-28-9-7-26(8-10-28)27-20-32(30-5-1-2-11-38-30)41-33(21-27)31-6-3-4-29(40-31)22-39-34(45)23-43(13-12-42(16-18-52-50)17-19-53-51)14-15-44(24-35(46)47)25-36(48)49;;;;/h1-11,20-21,51-52H,12-19,22-25H2,(H,39,46)(H,47,48)(H,49,50);1-11,20-21,50-51H,12-19,22-25,37H2,(H,39,45)(H,46,47)(H,48,49);;;;/q;;4*+1/p-4. The summed E-state index contributed by atoms with van der Waals surface area (Å²) < 4.78 is 0. The molecule has 0 bridgehead atoms. The second-order valence-corrected chi connectivity index (χ2v) is 24.3. The van der Waals surface area contributed by atoms with Crippen molar-refractivity contribution in [3.63, 3.8) is 0 Å². The zero-order valence-corrected chi connectivity index (χ0v) is 71.6. The number of rotatable bonds is 47. The van der Waals surface area contributed by atoms with Crippen molar-refractivity contribution in [3.8, 4) is 67.8 Å². The number of carboxylic acids is 4. The van der Waals surface area contributed by atoms with Crippen LogP contribution in [-0.4, -0.2) is 265 Å². The first-order valence-corrected chi connectivity index (χ1v) is 34.3. The molecule has 6 heterocycles. The van der Waals surface area contributed by atoms with E-state index < -0.39 is 56.0 Å². The number of aliphatic carboxylic acids is 4. The molecule has 34 nitrogen and oxygen atoms in total. The van der Waals surface area contributed by atoms with Gasteiger partial charge in [0.15, 0.2) is 0 Å². The van der Waals surface area contributed by atoms with Crippen molar-refractivity contribution in [2.24, 2.45) is 4.99 Å². The van der Waals surface area contributed by atoms with E-state index in [4.69, 9.17) is 48.4 Å². The molecule has 0 spiro atoms. The zero-order chi connectivity index (χ0) is 77.4. The van der Waals surface area contributed by atoms with Crippen LogP contribution in [0.2, 0.25) is 0 Å². The predicted octanol–water partition coefficient (Wildman–Crippen LogP) is -11.6. The van der Waals surface area contributed by atoms with Crippen LogP contribution < -0.4 is 155 Å². The quantitative estimate of drug-likeness (QED) is 0.00465. The Bertz CT molecular complexity index is 4170. The molecule has 0 atom stereocenters. The van der Waals surface area contributed by atoms with Crippen LogP contribution >= 0.6 is 12.2 Å². The molecule has 0 saturated heterocycles. The first-order valence-electron chi connectivity index (χ1n) is 33.9. The summed E-state index contributed by atoms with van der Waals surface area (Å²) in [4.78, 5) is 129. The van der Waals surface area contributed by atoms with Crippen molar-refractivity contribution in [2.45, 2.75) is 13.1 Å². The van der Waals surface area contributed by atoms with Crippen LogP contribution in [0.3, 0.4) is 0 Å². The average molecular weight is 1600 g/mol. The van der Waals surface area contributed by atoms with E-state index in [9.17, 15) is 59.7 Å². The van der Waals surface area contributed by atoms with Crippen LogP contribution in [0.15, 0.2) is 163 Å². The number of amides is 2. The fraction of sp³-hybridized carbons (Fsp3) is 0.329. The van der Waals surface area contributed by atoms with Gasteiger partial charge in [0, 0.05) is 123 Å². The van der Waals surface area contributed by atoms with Crippen molar-refractivity contribution < 1.29 is 208 Å². The number of isothiocyanates is 1. The maximum Gasteiger partial charge on any atom is 1.00 e. The minimum absolute atomic E-state index is 0. The summed E-state index contributed by atoms with van der Waals surface area (Å²) >= 11 is 4.72. The number of nitrogen functional groups attached to an aromatic ring is 1. The fourth-order valence-electron chi connectivity index (χ4n) is 10.9. The molecule has 0 unspecified atom stereocenters. The number of thiocarbonyl (C=S) groups is 1. The number of carbonyl (C=O) groups is 6. The van der Waals surface area contributed by atoms with E-state index in [2.05, 4.69) is 50.3 Å². The Morgan fingerprint density at radius 2 is 0.777 bits per heavy atom. The molecule has 2 amide bonds. The normalized spacial score (nSPS) is 10.8. The minimum atomic E-state index is -1.47. The van der Waals surface area contributed by atoms with Gasteiger partial charge in [-0.2, -0.15) is 4.99 Å². The second kappa shape index (κ2) is 55.7. The number of benzene rings is 2. The van der Waals surface area contributed by atoms with E-state index in [0.29, 0.717) is 94.5 Å². The van der Waals surface area contributed by atoms with Crippen molar-refractivity contribution in [3.05, 3.63) is 169 Å². The van der Waals surface area contributed by atoms with E-state index in [1.54, 1.807) is 45.3 Å². The Balaban J connectivity index is 0.000000561. The van der Waals surface area contributed by atoms with Gasteiger partial charge in [0.05, 0.1) is 132 Å². The summed E-state index contributed by atoms with van der Waals surface area (Å²) in [5.74, 6) is -6.03. The Morgan fingerprint density at radius 1 is 0.420 bits per heavy atom. The largest absolute Gasteiger partial charge is 1.00 e. The van der Waals surface area contributed by atoms with Crippen molar-refractivity contribution in [1.29, 1.82) is 0 Å². The number of pyridine rings is 6. The fourth-order valence-corrected chi connectivity index (χ4v) is 11.0. The molecular weight excluding hydrogens is 1510 g/mol. The summed E-state index contributed by atoms with van der Waals surface area (Å²) in [6.07, 6.45) is 3.39. The number of aromatic nitrogens is 6. The van der Waals surface area contributed by atoms with Gasteiger partial charge in [-0.15, -0.1) is 0 Å². The predicted molar refractivity (Wildman–Crippen MR) is 388 cm³/mol. The van der Waals surface area contributed by atoms with Gasteiger partial charge in [-0.3, -0.25) is 69.1 Å². The maximum absolute atomic E-state index is 13.3. The van der Waals surface area contributed by atoms with E-state index in [1.807, 2.05) is 132 Å². The van der Waals surface area contributed by atoms with Gasteiger partial charge in [-0.25, -0.2) is 29.7 Å². The van der Waals surface area contributed by atoms with E-state index in [1.165, 1.54) is 4.90 Å². The van der Waals surface area contributed by atoms with E-state index >= 15 is 0 Å². The zero-order valence-electron chi connectivity index (χ0n) is 62.8. The molecule has 8 rings (SSSR count). The summed E-state index contributed by atoms with van der Waals surface area (Å²) in [6, 6.07) is 44.7. The third kappa shape index (κ3) is 37.2. The molecule has 2 aromatic carbocycles. The molecule has 8 aromatic rings. The van der Waals surface area contributed by atoms with Crippen molar-refractivity contribution in [1.82, 2.24) is 69.9 Å². The average Bonchev–Trinajstić information content (AvgIpc) is 0.806. The first-order chi connectivity index (χ1) is 52.3. The summed E-state index contributed by atoms with van der Waals surface area (Å²) in [5.41, 5.74) is 16.9. The van der Waals surface area contributed by atoms with Crippen LogP contribution in [-0.2, 0) is 61.4 Å². The topological polar surface area (TPSA) is 472 Å². The van der Waals surface area contributed by atoms with E-state index in [0.717, 1.165) is 27.2 Å². The molecule has 6 aromatic heterocycles. The summed E-state index contributed by atoms with van der Waals surface area (Å²) in [6.45, 7) is -0.220. The third-order valence-corrected chi connectivity index (χ3v) is 16.4. The number of nitrogens with zero attached hydrogens (tertiary/aromatic N) is 13. The molecule has 572 valence electrons. The van der Waals surface area contributed by atoms with Crippen LogP contribution in [0.25, 0.3) is 67.8 Å². The van der Waals surface area contributed by atoms with Gasteiger partial charge in [-0.1, -0.05) is 48.5 Å². The number of hydrogen-bond donors (Lipinski definition) is 7. The molecule has 0 aliphatic rings. The monoisotopic (exact) mass is 1590 g/mol. The molecule has 0 fully saturated rings. The summed E-state index contributed by atoms with van der Waals surface area (Å²) in [5, 5.41) is 87.9. The van der Waals surface area contributed by atoms with Crippen molar-refractivity contribution >= 4 is 64.4 Å². The third-order valence-electron chi connectivity index (χ3n) is 16.3. The van der Waals surface area contributed by atoms with Gasteiger partial charge >= 0.3 is 130 Å². The van der Waals surface area contributed by atoms with Crippen LogP contribution in [0.1, 0.15) is 11.4 Å². The first kappa shape index (κ1) is 99.4. The van der Waals surface area contributed by atoms with Gasteiger partial charge in [-0.05, 0) is 132 Å². The number of carbonyl (C=O) groups excluding carboxylic acids is 4. The Hall–Kier alpha value is -6.80. The molecule has 112 heavy (non-hydrogen) atoms. The number of nitrogens with two attached hydrogens (primary N) is 1. The SMILES string of the molecule is Nc1ccc(-c2cc(-c3ccccn3)nc(-c3cccc(CNC(=O)CN(CCN(CCOO)CCOO)CCN(CC(=O)O)CC(=O)O)n3)c2)cc1.O=C([O-])CN(CCN(CCN(CCO[O-])CCO[O-])CC(=O)NCc1cccc(-c2cc(-c3ccc(N=C=S)cc3)cc(-c3ccccn3)n2)n1)CC(=O)[O-].[Na+].[Na+].[Na+].[Na+]. The van der Waals surface area contributed by atoms with Gasteiger partial charge in [0.1, 0.15) is 0 Å². The molecule has 0 aliphatic carbocycles. The Labute approximate surface area is 740 Å². The Morgan fingerprint density at radius 3 is 1.13 bits per heavy atom. The summed E-state index contributed by atoms with van der Waals surface area (Å²) in [7, 11) is 0. The molecule has 0 radical (unpaired) electrons. The molecule has 0 saturated carbocycles. The van der Waals surface area contributed by atoms with Gasteiger partial charge in [0.2, 0.25) is 11.8 Å². The molecular formula is C73H82N16Na4O18S. The molecule has 39 heteroatoms. The Kier molecular flexibility index (Phi) is 49.4. The van der Waals surface area contributed by atoms with Crippen LogP contribution in [0, 0.1) is 0 Å². The number of nitrogens with one attached hydrogen (secondary N) is 2. The number of aliphatic imine (C=N–C) groups is 1. The number of carboxylic acid groups (broad SMARTS) is 4. The van der Waals surface area contributed by atoms with Crippen molar-refractivity contribution in [2.75, 3.05) is 150 Å². The smallest absolute Gasteiger partial charge is 0.723 e. The second-order valence-electron chi connectivity index (χ2n) is 24.1. The number of anilines is 1. The van der Waals surface area contributed by atoms with Gasteiger partial charge < -0.3 is 66.7 Å². The van der Waals surface area contributed by atoms with Gasteiger partial charge in [0.25, 0.3) is 0 Å². The minimum Gasteiger partial charge on any atom is -0.723 e. The van der Waals surface area contributed by atoms with Crippen LogP contribution in [0.4, 0.5) is 11.4 Å².